The van der Waals surface area contributed by atoms with Gasteiger partial charge in [-0.2, -0.15) is 0 Å². The topological polar surface area (TPSA) is 41.6 Å². The lowest BCUT2D eigenvalue weighted by Crippen LogP contribution is -2.47. The van der Waals surface area contributed by atoms with Gasteiger partial charge < -0.3 is 15.0 Å². The highest BCUT2D eigenvalue weighted by Crippen LogP contribution is 2.35. The van der Waals surface area contributed by atoms with E-state index in [-0.39, 0.29) is 11.3 Å². The molecule has 1 saturated heterocycles. The number of nitrogens with zero attached hydrogens (tertiary/aromatic N) is 1. The number of methoxy groups -OCH3 is 1. The first-order valence-corrected chi connectivity index (χ1v) is 6.86. The number of hydrogen-bond acceptors (Lipinski definition) is 3. The van der Waals surface area contributed by atoms with Gasteiger partial charge in [-0.3, -0.25) is 4.79 Å². The van der Waals surface area contributed by atoms with Gasteiger partial charge >= 0.3 is 0 Å². The summed E-state index contributed by atoms with van der Waals surface area (Å²) in [6.07, 6.45) is 1.82. The van der Waals surface area contributed by atoms with E-state index in [4.69, 9.17) is 4.74 Å². The molecule has 1 unspecified atom stereocenters. The molecule has 4 heteroatoms. The zero-order valence-electron chi connectivity index (χ0n) is 11.3. The van der Waals surface area contributed by atoms with E-state index in [0.717, 1.165) is 38.2 Å². The first kappa shape index (κ1) is 12.6. The van der Waals surface area contributed by atoms with E-state index < -0.39 is 0 Å². The maximum atomic E-state index is 12.9. The molecule has 19 heavy (non-hydrogen) atoms. The number of benzene rings is 1. The predicted molar refractivity (Wildman–Crippen MR) is 74.3 cm³/mol. The van der Waals surface area contributed by atoms with Gasteiger partial charge in [0.2, 0.25) is 5.91 Å². The van der Waals surface area contributed by atoms with Gasteiger partial charge in [0.25, 0.3) is 0 Å². The molecule has 1 aromatic rings. The van der Waals surface area contributed by atoms with Gasteiger partial charge in [-0.05, 0) is 31.0 Å². The van der Waals surface area contributed by atoms with Crippen LogP contribution in [0.4, 0.5) is 5.69 Å². The van der Waals surface area contributed by atoms with Gasteiger partial charge in [0.1, 0.15) is 0 Å². The molecule has 0 bridgehead atoms. The minimum atomic E-state index is -0.383. The molecule has 1 atom stereocenters. The van der Waals surface area contributed by atoms with Crippen molar-refractivity contribution in [2.75, 3.05) is 38.3 Å². The number of hydrogen-bond donors (Lipinski definition) is 1. The molecule has 0 aromatic heterocycles. The Morgan fingerprint density at radius 3 is 3.05 bits per heavy atom. The molecule has 2 aliphatic rings. The Kier molecular flexibility index (Phi) is 3.29. The van der Waals surface area contributed by atoms with Gasteiger partial charge in [-0.1, -0.05) is 18.2 Å². The molecule has 0 aliphatic carbocycles. The first-order chi connectivity index (χ1) is 9.27. The second-order valence-corrected chi connectivity index (χ2v) is 5.48. The highest BCUT2D eigenvalue weighted by molar-refractivity contribution is 5.99. The summed E-state index contributed by atoms with van der Waals surface area (Å²) in [5.41, 5.74) is 1.97. The van der Waals surface area contributed by atoms with Crippen LogP contribution >= 0.6 is 0 Å². The molecule has 0 spiro atoms. The fourth-order valence-corrected chi connectivity index (χ4v) is 3.22. The lowest BCUT2D eigenvalue weighted by atomic mass is 9.86. The normalized spacial score (nSPS) is 25.6. The molecule has 1 aromatic carbocycles. The molecule has 1 N–H and O–H groups in total. The summed E-state index contributed by atoms with van der Waals surface area (Å²) in [5.74, 6) is 0.212. The largest absolute Gasteiger partial charge is 0.384 e. The summed E-state index contributed by atoms with van der Waals surface area (Å²) < 4.78 is 5.31. The summed E-state index contributed by atoms with van der Waals surface area (Å²) in [6.45, 7) is 2.91. The van der Waals surface area contributed by atoms with Crippen molar-refractivity contribution in [1.29, 1.82) is 0 Å². The number of carbonyl (C=O) groups is 1. The Morgan fingerprint density at radius 2 is 2.32 bits per heavy atom. The van der Waals surface area contributed by atoms with E-state index in [2.05, 4.69) is 11.4 Å². The van der Waals surface area contributed by atoms with Gasteiger partial charge in [0, 0.05) is 25.9 Å². The standard InChI is InChI=1S/C15H20N2O2/c1-19-11-15(7-8-16-10-15)14(18)17-9-6-12-4-2-3-5-13(12)17/h2-5,16H,6-11H2,1H3. The van der Waals surface area contributed by atoms with Gasteiger partial charge in [0.15, 0.2) is 0 Å². The Bertz CT molecular complexity index is 481. The fourth-order valence-electron chi connectivity index (χ4n) is 3.22. The van der Waals surface area contributed by atoms with Crippen molar-refractivity contribution in [3.8, 4) is 0 Å². The van der Waals surface area contributed by atoms with Crippen LogP contribution < -0.4 is 10.2 Å². The second kappa shape index (κ2) is 4.94. The third-order valence-corrected chi connectivity index (χ3v) is 4.25. The van der Waals surface area contributed by atoms with E-state index in [1.807, 2.05) is 23.1 Å². The van der Waals surface area contributed by atoms with Crippen LogP contribution in [-0.4, -0.2) is 39.3 Å². The van der Waals surface area contributed by atoms with Crippen LogP contribution in [0.25, 0.3) is 0 Å². The summed E-state index contributed by atoms with van der Waals surface area (Å²) in [4.78, 5) is 14.9. The maximum Gasteiger partial charge on any atom is 0.236 e. The minimum Gasteiger partial charge on any atom is -0.384 e. The van der Waals surface area contributed by atoms with E-state index in [0.29, 0.717) is 6.61 Å². The quantitative estimate of drug-likeness (QED) is 0.888. The molecule has 0 saturated carbocycles. The summed E-state index contributed by atoms with van der Waals surface area (Å²) in [7, 11) is 1.67. The summed E-state index contributed by atoms with van der Waals surface area (Å²) in [5, 5.41) is 3.30. The predicted octanol–water partition coefficient (Wildman–Crippen LogP) is 1.20. The molecule has 102 valence electrons. The highest BCUT2D eigenvalue weighted by Gasteiger charge is 2.45. The maximum absolute atomic E-state index is 12.9. The number of para-hydroxylation sites is 1. The third-order valence-electron chi connectivity index (χ3n) is 4.25. The fraction of sp³-hybridized carbons (Fsp3) is 0.533. The lowest BCUT2D eigenvalue weighted by molar-refractivity contribution is -0.130. The molecule has 1 amide bonds. The van der Waals surface area contributed by atoms with Crippen molar-refractivity contribution < 1.29 is 9.53 Å². The number of anilines is 1. The van der Waals surface area contributed by atoms with Crippen LogP contribution in [0.3, 0.4) is 0 Å². The van der Waals surface area contributed by atoms with Gasteiger partial charge in [-0.15, -0.1) is 0 Å². The van der Waals surface area contributed by atoms with E-state index in [1.54, 1.807) is 7.11 Å². The molecule has 3 rings (SSSR count). The molecular formula is C15H20N2O2. The smallest absolute Gasteiger partial charge is 0.236 e. The average molecular weight is 260 g/mol. The number of fused-ring (bicyclic) bond motifs is 1. The summed E-state index contributed by atoms with van der Waals surface area (Å²) in [6, 6.07) is 8.19. The first-order valence-electron chi connectivity index (χ1n) is 6.86. The molecule has 1 fully saturated rings. The number of carbonyl (C=O) groups excluding carboxylic acids is 1. The van der Waals surface area contributed by atoms with E-state index in [1.165, 1.54) is 5.56 Å². The van der Waals surface area contributed by atoms with Crippen molar-refractivity contribution >= 4 is 11.6 Å². The van der Waals surface area contributed by atoms with Crippen LogP contribution in [0.15, 0.2) is 24.3 Å². The number of rotatable bonds is 3. The molecular weight excluding hydrogens is 240 g/mol. The average Bonchev–Trinajstić information content (AvgIpc) is 3.05. The molecule has 0 radical (unpaired) electrons. The second-order valence-electron chi connectivity index (χ2n) is 5.48. The monoisotopic (exact) mass is 260 g/mol. The van der Waals surface area contributed by atoms with Crippen molar-refractivity contribution in [2.24, 2.45) is 5.41 Å². The van der Waals surface area contributed by atoms with Crippen molar-refractivity contribution in [3.05, 3.63) is 29.8 Å². The number of amides is 1. The zero-order chi connectivity index (χ0) is 13.3. The van der Waals surface area contributed by atoms with E-state index >= 15 is 0 Å². The number of ether oxygens (including phenoxy) is 1. The Labute approximate surface area is 113 Å². The van der Waals surface area contributed by atoms with Crippen LogP contribution in [0, 0.1) is 5.41 Å². The minimum absolute atomic E-state index is 0.212. The Hall–Kier alpha value is -1.39. The van der Waals surface area contributed by atoms with Crippen molar-refractivity contribution in [2.45, 2.75) is 12.8 Å². The van der Waals surface area contributed by atoms with Crippen LogP contribution in [0.5, 0.6) is 0 Å². The molecule has 2 heterocycles. The van der Waals surface area contributed by atoms with E-state index in [9.17, 15) is 4.79 Å². The Balaban J connectivity index is 1.88. The van der Waals surface area contributed by atoms with Gasteiger partial charge in [0.05, 0.1) is 12.0 Å². The van der Waals surface area contributed by atoms with Crippen molar-refractivity contribution in [1.82, 2.24) is 5.32 Å². The number of nitrogens with one attached hydrogen (secondary N) is 1. The Morgan fingerprint density at radius 1 is 1.47 bits per heavy atom. The lowest BCUT2D eigenvalue weighted by Gasteiger charge is -2.31. The zero-order valence-corrected chi connectivity index (χ0v) is 11.3. The van der Waals surface area contributed by atoms with Gasteiger partial charge in [-0.25, -0.2) is 0 Å². The van der Waals surface area contributed by atoms with Crippen LogP contribution in [0.2, 0.25) is 0 Å². The van der Waals surface area contributed by atoms with Crippen molar-refractivity contribution in [3.63, 3.8) is 0 Å². The molecule has 4 nitrogen and oxygen atoms in total. The van der Waals surface area contributed by atoms with Crippen LogP contribution in [-0.2, 0) is 16.0 Å². The third kappa shape index (κ3) is 2.05. The SMILES string of the molecule is COCC1(C(=O)N2CCc3ccccc32)CCNC1. The highest BCUT2D eigenvalue weighted by atomic mass is 16.5. The van der Waals surface area contributed by atoms with Crippen LogP contribution in [0.1, 0.15) is 12.0 Å². The summed E-state index contributed by atoms with van der Waals surface area (Å²) >= 11 is 0. The molecule has 2 aliphatic heterocycles.